The van der Waals surface area contributed by atoms with E-state index in [0.29, 0.717) is 28.4 Å². The molecule has 0 saturated carbocycles. The monoisotopic (exact) mass is 507 g/mol. The quantitative estimate of drug-likeness (QED) is 0.564. The normalized spacial score (nSPS) is 17.1. The molecule has 9 nitrogen and oxygen atoms in total. The van der Waals surface area contributed by atoms with E-state index in [4.69, 9.17) is 14.2 Å². The lowest BCUT2D eigenvalue weighted by Crippen LogP contribution is -2.45. The van der Waals surface area contributed by atoms with Gasteiger partial charge in [0.15, 0.2) is 16.7 Å². The number of benzene rings is 2. The van der Waals surface area contributed by atoms with Gasteiger partial charge in [0.05, 0.1) is 37.0 Å². The number of amides is 2. The van der Waals surface area contributed by atoms with Gasteiger partial charge in [0.2, 0.25) is 0 Å². The van der Waals surface area contributed by atoms with Gasteiger partial charge in [0.1, 0.15) is 6.04 Å². The highest BCUT2D eigenvalue weighted by molar-refractivity contribution is 8.18. The SMILES string of the molecule is CCOC(=O)C1=C(C)N=C2SC(C(=O)Nc3ccccc3)=CC(=O)N2[C@@H]1c1cccc(OC)c1OC. The number of rotatable bonds is 7. The predicted molar refractivity (Wildman–Crippen MR) is 137 cm³/mol. The van der Waals surface area contributed by atoms with Crippen molar-refractivity contribution in [2.24, 2.45) is 4.99 Å². The second-order valence-corrected chi connectivity index (χ2v) is 8.75. The first-order valence-corrected chi connectivity index (χ1v) is 12.0. The van der Waals surface area contributed by atoms with Gasteiger partial charge in [0.25, 0.3) is 11.8 Å². The average Bonchev–Trinajstić information content (AvgIpc) is 2.87. The minimum absolute atomic E-state index is 0.153. The van der Waals surface area contributed by atoms with E-state index < -0.39 is 23.8 Å². The lowest BCUT2D eigenvalue weighted by atomic mass is 9.93. The van der Waals surface area contributed by atoms with E-state index >= 15 is 0 Å². The summed E-state index contributed by atoms with van der Waals surface area (Å²) in [6.45, 7) is 3.53. The number of allylic oxidation sites excluding steroid dienone is 1. The second kappa shape index (κ2) is 10.7. The molecular formula is C26H25N3O6S. The number of amidine groups is 1. The molecule has 2 amide bonds. The number of hydrogen-bond donors (Lipinski definition) is 1. The summed E-state index contributed by atoms with van der Waals surface area (Å²) >= 11 is 1.05. The Bertz CT molecular complexity index is 1300. The third-order valence-corrected chi connectivity index (χ3v) is 6.56. The number of methoxy groups -OCH3 is 2. The fourth-order valence-corrected chi connectivity index (χ4v) is 4.99. The molecule has 0 saturated heterocycles. The number of para-hydroxylation sites is 2. The maximum Gasteiger partial charge on any atom is 0.338 e. The van der Waals surface area contributed by atoms with E-state index in [0.717, 1.165) is 11.8 Å². The van der Waals surface area contributed by atoms with Crippen molar-refractivity contribution >= 4 is 40.4 Å². The van der Waals surface area contributed by atoms with Gasteiger partial charge < -0.3 is 19.5 Å². The van der Waals surface area contributed by atoms with Crippen molar-refractivity contribution in [1.29, 1.82) is 0 Å². The van der Waals surface area contributed by atoms with E-state index in [1.165, 1.54) is 25.2 Å². The van der Waals surface area contributed by atoms with Crippen molar-refractivity contribution in [3.05, 3.63) is 76.3 Å². The number of nitrogens with one attached hydrogen (secondary N) is 1. The Morgan fingerprint density at radius 3 is 2.50 bits per heavy atom. The van der Waals surface area contributed by atoms with E-state index in [1.807, 2.05) is 6.07 Å². The Morgan fingerprint density at radius 1 is 1.08 bits per heavy atom. The minimum atomic E-state index is -0.906. The summed E-state index contributed by atoms with van der Waals surface area (Å²) in [6, 6.07) is 13.3. The predicted octanol–water partition coefficient (Wildman–Crippen LogP) is 4.05. The molecule has 0 unspecified atom stereocenters. The van der Waals surface area contributed by atoms with Crippen LogP contribution in [0, 0.1) is 0 Å². The summed E-state index contributed by atoms with van der Waals surface area (Å²) in [5, 5.41) is 3.05. The first kappa shape index (κ1) is 25.1. The van der Waals surface area contributed by atoms with Crippen LogP contribution in [0.4, 0.5) is 5.69 Å². The minimum Gasteiger partial charge on any atom is -0.493 e. The smallest absolute Gasteiger partial charge is 0.338 e. The van der Waals surface area contributed by atoms with E-state index in [1.54, 1.807) is 56.3 Å². The summed E-state index contributed by atoms with van der Waals surface area (Å²) in [4.78, 5) is 45.5. The maximum absolute atomic E-state index is 13.5. The van der Waals surface area contributed by atoms with Crippen molar-refractivity contribution < 1.29 is 28.6 Å². The molecule has 2 aromatic rings. The van der Waals surface area contributed by atoms with Crippen molar-refractivity contribution in [3.8, 4) is 11.5 Å². The second-order valence-electron chi connectivity index (χ2n) is 7.74. The third-order valence-electron chi connectivity index (χ3n) is 5.56. The highest BCUT2D eigenvalue weighted by Gasteiger charge is 2.44. The Kier molecular flexibility index (Phi) is 7.44. The fourth-order valence-electron chi connectivity index (χ4n) is 4.01. The topological polar surface area (TPSA) is 107 Å². The van der Waals surface area contributed by atoms with E-state index in [2.05, 4.69) is 10.3 Å². The molecule has 0 radical (unpaired) electrons. The zero-order chi connectivity index (χ0) is 25.8. The van der Waals surface area contributed by atoms with Gasteiger partial charge in [-0.3, -0.25) is 14.5 Å². The first-order valence-electron chi connectivity index (χ1n) is 11.2. The molecule has 2 aliphatic heterocycles. The number of nitrogens with zero attached hydrogens (tertiary/aromatic N) is 2. The largest absolute Gasteiger partial charge is 0.493 e. The van der Waals surface area contributed by atoms with Crippen LogP contribution in [0.1, 0.15) is 25.5 Å². The number of thioether (sulfide) groups is 1. The molecule has 0 fully saturated rings. The molecule has 0 aliphatic carbocycles. The molecule has 1 N–H and O–H groups in total. The molecule has 0 aromatic heterocycles. The number of carbonyl (C=O) groups excluding carboxylic acids is 3. The molecule has 36 heavy (non-hydrogen) atoms. The average molecular weight is 508 g/mol. The number of anilines is 1. The number of esters is 1. The van der Waals surface area contributed by atoms with E-state index in [9.17, 15) is 14.4 Å². The molecule has 4 rings (SSSR count). The summed E-state index contributed by atoms with van der Waals surface area (Å²) in [5.74, 6) is -0.724. The highest BCUT2D eigenvalue weighted by atomic mass is 32.2. The van der Waals surface area contributed by atoms with E-state index in [-0.39, 0.29) is 22.3 Å². The van der Waals surface area contributed by atoms with Gasteiger partial charge in [-0.25, -0.2) is 9.79 Å². The van der Waals surface area contributed by atoms with Gasteiger partial charge in [-0.05, 0) is 43.8 Å². The Hall–Kier alpha value is -4.05. The summed E-state index contributed by atoms with van der Waals surface area (Å²) < 4.78 is 16.4. The fraction of sp³-hybridized carbons (Fsp3) is 0.231. The van der Waals surface area contributed by atoms with Crippen molar-refractivity contribution in [2.75, 3.05) is 26.1 Å². The van der Waals surface area contributed by atoms with Crippen LogP contribution in [-0.2, 0) is 19.1 Å². The van der Waals surface area contributed by atoms with Crippen molar-refractivity contribution in [1.82, 2.24) is 4.90 Å². The van der Waals surface area contributed by atoms with Crippen LogP contribution < -0.4 is 14.8 Å². The molecule has 10 heteroatoms. The first-order chi connectivity index (χ1) is 17.4. The Labute approximate surface area is 212 Å². The molecule has 0 spiro atoms. The number of fused-ring (bicyclic) bond motifs is 1. The lowest BCUT2D eigenvalue weighted by Gasteiger charge is -2.38. The number of ether oxygens (including phenoxy) is 3. The zero-order valence-electron chi connectivity index (χ0n) is 20.2. The number of hydrogen-bond acceptors (Lipinski definition) is 8. The van der Waals surface area contributed by atoms with Crippen molar-refractivity contribution in [3.63, 3.8) is 0 Å². The standard InChI is InChI=1S/C26H25N3O6S/c1-5-35-25(32)21-15(2)27-26-29(22(21)17-12-9-13-18(33-3)23(17)34-4)20(30)14-19(36-26)24(31)28-16-10-7-6-8-11-16/h6-14,22H,5H2,1-4H3,(H,28,31)/t22-/m1/s1. The molecule has 2 aromatic carbocycles. The van der Waals surface area contributed by atoms with Gasteiger partial charge in [0, 0.05) is 17.3 Å². The highest BCUT2D eigenvalue weighted by Crippen LogP contribution is 2.46. The van der Waals surface area contributed by atoms with Crippen LogP contribution >= 0.6 is 11.8 Å². The van der Waals surface area contributed by atoms with Crippen LogP contribution in [0.2, 0.25) is 0 Å². The third kappa shape index (κ3) is 4.72. The summed E-state index contributed by atoms with van der Waals surface area (Å²) in [7, 11) is 2.99. The number of aliphatic imine (C=N–C) groups is 1. The van der Waals surface area contributed by atoms with Crippen molar-refractivity contribution in [2.45, 2.75) is 19.9 Å². The zero-order valence-corrected chi connectivity index (χ0v) is 21.0. The molecular weight excluding hydrogens is 482 g/mol. The van der Waals surface area contributed by atoms with Crippen LogP contribution in [-0.4, -0.2) is 48.7 Å². The Morgan fingerprint density at radius 2 is 1.83 bits per heavy atom. The number of carbonyl (C=O) groups is 3. The maximum atomic E-state index is 13.5. The molecule has 1 atom stereocenters. The molecule has 2 aliphatic rings. The molecule has 0 bridgehead atoms. The summed E-state index contributed by atoms with van der Waals surface area (Å²) in [6.07, 6.45) is 1.24. The lowest BCUT2D eigenvalue weighted by molar-refractivity contribution is -0.139. The summed E-state index contributed by atoms with van der Waals surface area (Å²) in [5.41, 5.74) is 1.70. The van der Waals surface area contributed by atoms with Crippen LogP contribution in [0.3, 0.4) is 0 Å². The van der Waals surface area contributed by atoms with Crippen LogP contribution in [0.15, 0.2) is 75.8 Å². The van der Waals surface area contributed by atoms with Gasteiger partial charge in [-0.2, -0.15) is 0 Å². The molecule has 186 valence electrons. The van der Waals surface area contributed by atoms with Crippen LogP contribution in [0.25, 0.3) is 0 Å². The van der Waals surface area contributed by atoms with Crippen LogP contribution in [0.5, 0.6) is 11.5 Å². The Balaban J connectivity index is 1.80. The van der Waals surface area contributed by atoms with Gasteiger partial charge >= 0.3 is 5.97 Å². The molecule has 2 heterocycles. The van der Waals surface area contributed by atoms with Gasteiger partial charge in [-0.15, -0.1) is 0 Å². The van der Waals surface area contributed by atoms with Gasteiger partial charge in [-0.1, -0.05) is 30.3 Å².